The van der Waals surface area contributed by atoms with Gasteiger partial charge in [-0.05, 0) is 75.9 Å². The molecule has 0 aliphatic carbocycles. The number of anilines is 6. The summed E-state index contributed by atoms with van der Waals surface area (Å²) < 4.78 is 84.8. The van der Waals surface area contributed by atoms with Crippen molar-refractivity contribution in [3.8, 4) is 0 Å². The Morgan fingerprint density at radius 2 is 1.00 bits per heavy atom. The van der Waals surface area contributed by atoms with Crippen molar-refractivity contribution in [3.05, 3.63) is 119 Å². The van der Waals surface area contributed by atoms with Crippen molar-refractivity contribution < 1.29 is 35.9 Å². The molecule has 16 nitrogen and oxygen atoms in total. The zero-order chi connectivity index (χ0) is 46.8. The molecule has 0 spiro atoms. The van der Waals surface area contributed by atoms with E-state index in [2.05, 4.69) is 30.8 Å². The predicted molar refractivity (Wildman–Crippen MR) is 233 cm³/mol. The van der Waals surface area contributed by atoms with Gasteiger partial charge < -0.3 is 30.2 Å². The number of halogens is 6. The number of hydrogen-bond donors (Lipinski definition) is 2. The van der Waals surface area contributed by atoms with Crippen LogP contribution in [0.25, 0.3) is 0 Å². The van der Waals surface area contributed by atoms with Gasteiger partial charge in [-0.2, -0.15) is 20.2 Å². The van der Waals surface area contributed by atoms with E-state index in [1.54, 1.807) is 47.0 Å². The minimum Gasteiger partial charge on any atom is -0.350 e. The van der Waals surface area contributed by atoms with Gasteiger partial charge in [-0.25, -0.2) is 36.3 Å². The van der Waals surface area contributed by atoms with E-state index < -0.39 is 47.0 Å². The fraction of sp³-hybridized carbons (Fsp3) is 0.364. The second kappa shape index (κ2) is 19.1. The first-order valence-electron chi connectivity index (χ1n) is 21.4. The molecule has 66 heavy (non-hydrogen) atoms. The monoisotopic (exact) mass is 916 g/mol. The highest BCUT2D eigenvalue weighted by atomic mass is 19.2. The Labute approximate surface area is 375 Å². The van der Waals surface area contributed by atoms with Crippen LogP contribution in [0, 0.1) is 34.9 Å². The number of nitrogens with one attached hydrogen (secondary N) is 2. The summed E-state index contributed by atoms with van der Waals surface area (Å²) in [5.74, 6) is -6.56. The van der Waals surface area contributed by atoms with E-state index >= 15 is 0 Å². The zero-order valence-electron chi connectivity index (χ0n) is 36.5. The molecule has 2 N–H and O–H groups in total. The van der Waals surface area contributed by atoms with Gasteiger partial charge >= 0.3 is 0 Å². The van der Waals surface area contributed by atoms with Gasteiger partial charge in [-0.1, -0.05) is 0 Å². The molecule has 0 fully saturated rings. The van der Waals surface area contributed by atoms with Gasteiger partial charge in [0.15, 0.2) is 46.5 Å². The van der Waals surface area contributed by atoms with Crippen molar-refractivity contribution in [1.29, 1.82) is 0 Å². The van der Waals surface area contributed by atoms with Crippen molar-refractivity contribution in [1.82, 2.24) is 39.5 Å². The van der Waals surface area contributed by atoms with Crippen LogP contribution in [0.1, 0.15) is 62.8 Å². The molecule has 0 unspecified atom stereocenters. The smallest absolute Gasteiger partial charge is 0.249 e. The average Bonchev–Trinajstić information content (AvgIpc) is 3.96. The fourth-order valence-electron chi connectivity index (χ4n) is 8.16. The first kappa shape index (κ1) is 45.3. The molecule has 6 heterocycles. The summed E-state index contributed by atoms with van der Waals surface area (Å²) in [5.41, 5.74) is 3.02. The number of aromatic nitrogens is 8. The highest BCUT2D eigenvalue weighted by Gasteiger charge is 2.38. The lowest BCUT2D eigenvalue weighted by Gasteiger charge is -2.41. The standard InChI is InChI=1S/C44H46F6N14O2/c1-5-61-25(3)42(66)64(36-20-54-43(57-39(36)61)51-15-29-17-55-59(23-29)21-27-11-31(45)37(49)32(46)12-27)10-8-7-9-63-26(4)41(65)62(6-2)35-19-53-44(58-40(35)63)52-16-30-18-56-60(24-30)22-28-13-33(47)38(50)34(48)14-28/h11-14,17-20,23-26H,5-10,15-16,21-22H2,1-4H3,(H,51,54,57)(H,52,53,58)/t25-,26+/m0/s1. The molecular formula is C44H46F6N14O2. The van der Waals surface area contributed by atoms with E-state index in [-0.39, 0.29) is 49.1 Å². The molecule has 0 bridgehead atoms. The molecule has 2 aliphatic heterocycles. The molecule has 6 aromatic rings. The summed E-state index contributed by atoms with van der Waals surface area (Å²) in [7, 11) is 0. The number of unbranched alkanes of at least 4 members (excludes halogenated alkanes) is 1. The van der Waals surface area contributed by atoms with Crippen molar-refractivity contribution in [3.63, 3.8) is 0 Å². The number of carbonyl (C=O) groups is 2. The number of benzene rings is 2. The Kier molecular flexibility index (Phi) is 13.1. The molecule has 22 heteroatoms. The van der Waals surface area contributed by atoms with E-state index in [9.17, 15) is 35.9 Å². The molecule has 346 valence electrons. The SMILES string of the molecule is CCN1C(=O)[C@@H](C)N(CCCCN2C(=O)[C@H](C)N(CC)c3nc(NCc4cnn(Cc5cc(F)c(F)c(F)c5)c4)ncc32)c2nc(NCc3cnn(Cc4cc(F)c(F)c(F)c4)c3)ncc21. The van der Waals surface area contributed by atoms with Gasteiger partial charge in [0.25, 0.3) is 0 Å². The summed E-state index contributed by atoms with van der Waals surface area (Å²) in [6, 6.07) is 2.67. The Morgan fingerprint density at radius 3 is 1.48 bits per heavy atom. The number of fused-ring (bicyclic) bond motifs is 2. The summed E-state index contributed by atoms with van der Waals surface area (Å²) in [5, 5.41) is 14.9. The van der Waals surface area contributed by atoms with Gasteiger partial charge in [0.2, 0.25) is 23.7 Å². The third-order valence-corrected chi connectivity index (χ3v) is 11.5. The van der Waals surface area contributed by atoms with Crippen LogP contribution in [0.5, 0.6) is 0 Å². The number of hydrogen-bond acceptors (Lipinski definition) is 12. The molecule has 0 saturated heterocycles. The second-order valence-corrected chi connectivity index (χ2v) is 16.0. The largest absolute Gasteiger partial charge is 0.350 e. The van der Waals surface area contributed by atoms with Crippen molar-refractivity contribution in [2.45, 2.75) is 78.8 Å². The molecule has 8 rings (SSSR count). The topological polar surface area (TPSA) is 158 Å². The van der Waals surface area contributed by atoms with Gasteiger partial charge in [0.05, 0.1) is 37.9 Å². The number of amides is 2. The van der Waals surface area contributed by atoms with E-state index in [0.717, 1.165) is 35.4 Å². The van der Waals surface area contributed by atoms with Crippen LogP contribution in [0.2, 0.25) is 0 Å². The zero-order valence-corrected chi connectivity index (χ0v) is 36.5. The number of rotatable bonds is 17. The molecular weight excluding hydrogens is 871 g/mol. The summed E-state index contributed by atoms with van der Waals surface area (Å²) >= 11 is 0. The number of likely N-dealkylation sites (N-methyl/N-ethyl adjacent to an activating group) is 2. The molecule has 2 aromatic carbocycles. The predicted octanol–water partition coefficient (Wildman–Crippen LogP) is 6.42. The van der Waals surface area contributed by atoms with Crippen molar-refractivity contribution >= 4 is 46.7 Å². The van der Waals surface area contributed by atoms with Gasteiger partial charge in [-0.3, -0.25) is 19.0 Å². The lowest BCUT2D eigenvalue weighted by Crippen LogP contribution is -2.53. The fourth-order valence-corrected chi connectivity index (χ4v) is 8.16. The van der Waals surface area contributed by atoms with E-state index in [1.165, 1.54) is 9.36 Å². The Hall–Kier alpha value is -7.26. The van der Waals surface area contributed by atoms with Crippen molar-refractivity contribution in [2.24, 2.45) is 0 Å². The number of nitrogens with zero attached hydrogens (tertiary/aromatic N) is 12. The van der Waals surface area contributed by atoms with Gasteiger partial charge in [-0.15, -0.1) is 0 Å². The van der Waals surface area contributed by atoms with Crippen LogP contribution in [0.4, 0.5) is 61.2 Å². The van der Waals surface area contributed by atoms with Crippen LogP contribution in [0.3, 0.4) is 0 Å². The molecule has 2 amide bonds. The van der Waals surface area contributed by atoms with Crippen LogP contribution in [0.15, 0.2) is 61.4 Å². The highest BCUT2D eigenvalue weighted by Crippen LogP contribution is 2.37. The Bertz CT molecular complexity index is 2720. The lowest BCUT2D eigenvalue weighted by molar-refractivity contribution is -0.120. The van der Waals surface area contributed by atoms with Gasteiger partial charge in [0, 0.05) is 62.8 Å². The third-order valence-electron chi connectivity index (χ3n) is 11.5. The van der Waals surface area contributed by atoms with Crippen LogP contribution >= 0.6 is 0 Å². The quantitative estimate of drug-likeness (QED) is 0.0589. The molecule has 2 aliphatic rings. The second-order valence-electron chi connectivity index (χ2n) is 16.0. The van der Waals surface area contributed by atoms with Gasteiger partial charge in [0.1, 0.15) is 23.5 Å². The summed E-state index contributed by atoms with van der Waals surface area (Å²) in [6.07, 6.45) is 10.9. The Balaban J connectivity index is 0.904. The summed E-state index contributed by atoms with van der Waals surface area (Å²) in [6.45, 7) is 9.81. The lowest BCUT2D eigenvalue weighted by atomic mass is 10.1. The maximum Gasteiger partial charge on any atom is 0.249 e. The van der Waals surface area contributed by atoms with E-state index in [0.29, 0.717) is 73.9 Å². The first-order valence-corrected chi connectivity index (χ1v) is 21.4. The molecule has 0 saturated carbocycles. The third kappa shape index (κ3) is 9.29. The first-order chi connectivity index (χ1) is 31.7. The minimum absolute atomic E-state index is 0.0230. The van der Waals surface area contributed by atoms with Crippen LogP contribution < -0.4 is 30.2 Å². The molecule has 4 aromatic heterocycles. The van der Waals surface area contributed by atoms with Crippen LogP contribution in [-0.4, -0.2) is 89.6 Å². The Morgan fingerprint density at radius 1 is 0.561 bits per heavy atom. The van der Waals surface area contributed by atoms with E-state index in [4.69, 9.17) is 9.97 Å². The minimum atomic E-state index is -1.53. The summed E-state index contributed by atoms with van der Waals surface area (Å²) in [4.78, 5) is 53.2. The van der Waals surface area contributed by atoms with Crippen LogP contribution in [-0.2, 0) is 35.8 Å². The van der Waals surface area contributed by atoms with Crippen molar-refractivity contribution in [2.75, 3.05) is 56.4 Å². The average molecular weight is 917 g/mol. The number of carbonyl (C=O) groups excluding carboxylic acids is 2. The molecule has 0 radical (unpaired) electrons. The van der Waals surface area contributed by atoms with E-state index in [1.807, 2.05) is 37.5 Å². The highest BCUT2D eigenvalue weighted by molar-refractivity contribution is 6.05. The maximum atomic E-state index is 13.8. The molecule has 2 atom stereocenters. The normalized spacial score (nSPS) is 16.0. The maximum absolute atomic E-state index is 13.8.